The molecule has 2 aliphatic carbocycles. The van der Waals surface area contributed by atoms with Gasteiger partial charge in [-0.2, -0.15) is 13.2 Å². The molecule has 0 spiro atoms. The van der Waals surface area contributed by atoms with Crippen molar-refractivity contribution in [3.05, 3.63) is 118 Å². The van der Waals surface area contributed by atoms with Gasteiger partial charge in [-0.15, -0.1) is 0 Å². The third-order valence-corrected chi connectivity index (χ3v) is 8.65. The van der Waals surface area contributed by atoms with Gasteiger partial charge >= 0.3 is 6.18 Å². The molecule has 7 rings (SSSR count). The first-order valence-electron chi connectivity index (χ1n) is 14.5. The minimum absolute atomic E-state index is 0.647. The Balaban J connectivity index is 1.20. The molecular formula is C35H32F3N3. The van der Waals surface area contributed by atoms with Crippen molar-refractivity contribution in [3.8, 4) is 5.69 Å². The van der Waals surface area contributed by atoms with E-state index in [0.29, 0.717) is 5.69 Å². The summed E-state index contributed by atoms with van der Waals surface area (Å²) in [4.78, 5) is 0. The Morgan fingerprint density at radius 3 is 2.32 bits per heavy atom. The second-order valence-corrected chi connectivity index (χ2v) is 11.3. The van der Waals surface area contributed by atoms with Crippen LogP contribution in [-0.2, 0) is 12.6 Å². The van der Waals surface area contributed by atoms with Gasteiger partial charge < -0.3 is 15.2 Å². The van der Waals surface area contributed by atoms with Crippen LogP contribution in [0.25, 0.3) is 22.7 Å². The lowest BCUT2D eigenvalue weighted by Crippen LogP contribution is -2.16. The second-order valence-electron chi connectivity index (χ2n) is 11.3. The van der Waals surface area contributed by atoms with E-state index in [9.17, 15) is 13.2 Å². The summed E-state index contributed by atoms with van der Waals surface area (Å²) in [5.74, 6) is 0. The van der Waals surface area contributed by atoms with Crippen LogP contribution < -0.4 is 10.6 Å². The number of nitrogens with one attached hydrogen (secondary N) is 2. The van der Waals surface area contributed by atoms with Gasteiger partial charge in [-0.25, -0.2) is 0 Å². The third-order valence-electron chi connectivity index (χ3n) is 8.65. The van der Waals surface area contributed by atoms with E-state index in [2.05, 4.69) is 47.1 Å². The second kappa shape index (κ2) is 10.3. The Bertz CT molecular complexity index is 1710. The molecule has 0 saturated heterocycles. The average Bonchev–Trinajstić information content (AvgIpc) is 3.27. The van der Waals surface area contributed by atoms with Crippen LogP contribution in [0.15, 0.2) is 101 Å². The largest absolute Gasteiger partial charge is 0.416 e. The molecule has 4 aromatic rings. The van der Waals surface area contributed by atoms with Gasteiger partial charge in [0.1, 0.15) is 0 Å². The van der Waals surface area contributed by atoms with Gasteiger partial charge in [0.05, 0.1) is 11.1 Å². The zero-order valence-electron chi connectivity index (χ0n) is 22.8. The summed E-state index contributed by atoms with van der Waals surface area (Å²) in [5, 5.41) is 8.44. The number of rotatable bonds is 5. The highest BCUT2D eigenvalue weighted by Crippen LogP contribution is 2.38. The summed E-state index contributed by atoms with van der Waals surface area (Å²) < 4.78 is 41.7. The lowest BCUT2D eigenvalue weighted by atomic mass is 9.87. The molecule has 0 unspecified atom stereocenters. The highest BCUT2D eigenvalue weighted by molar-refractivity contribution is 5.86. The molecular weight excluding hydrogens is 519 g/mol. The first-order chi connectivity index (χ1) is 19.9. The van der Waals surface area contributed by atoms with E-state index in [0.717, 1.165) is 65.8 Å². The van der Waals surface area contributed by atoms with Gasteiger partial charge in [0.2, 0.25) is 0 Å². The number of aryl methyl sites for hydroxylation is 1. The van der Waals surface area contributed by atoms with Crippen LogP contribution >= 0.6 is 0 Å². The first kappa shape index (κ1) is 25.8. The van der Waals surface area contributed by atoms with Crippen LogP contribution in [0, 0.1) is 0 Å². The highest BCUT2D eigenvalue weighted by Gasteiger charge is 2.30. The smallest absolute Gasteiger partial charge is 0.359 e. The third kappa shape index (κ3) is 5.08. The van der Waals surface area contributed by atoms with Crippen molar-refractivity contribution < 1.29 is 13.2 Å². The Kier molecular flexibility index (Phi) is 6.49. The predicted octanol–water partition coefficient (Wildman–Crippen LogP) is 10.0. The zero-order chi connectivity index (χ0) is 28.0. The van der Waals surface area contributed by atoms with E-state index >= 15 is 0 Å². The molecule has 0 atom stereocenters. The van der Waals surface area contributed by atoms with Crippen LogP contribution in [-0.4, -0.2) is 4.57 Å². The minimum Gasteiger partial charge on any atom is -0.359 e. The van der Waals surface area contributed by atoms with Gasteiger partial charge in [-0.1, -0.05) is 29.8 Å². The van der Waals surface area contributed by atoms with E-state index in [-0.39, 0.29) is 0 Å². The summed E-state index contributed by atoms with van der Waals surface area (Å²) in [6, 6.07) is 22.1. The fraction of sp³-hybridized carbons (Fsp3) is 0.257. The number of hydrogen-bond donors (Lipinski definition) is 2. The Morgan fingerprint density at radius 1 is 0.829 bits per heavy atom. The van der Waals surface area contributed by atoms with Gasteiger partial charge in [0, 0.05) is 39.5 Å². The molecule has 0 amide bonds. The van der Waals surface area contributed by atoms with E-state index in [1.54, 1.807) is 17.7 Å². The molecule has 1 aliphatic heterocycles. The van der Waals surface area contributed by atoms with Gasteiger partial charge in [-0.3, -0.25) is 0 Å². The molecule has 3 aromatic carbocycles. The number of halogens is 3. The van der Waals surface area contributed by atoms with Crippen LogP contribution in [0.5, 0.6) is 0 Å². The summed E-state index contributed by atoms with van der Waals surface area (Å²) in [7, 11) is 0. The zero-order valence-corrected chi connectivity index (χ0v) is 22.8. The first-order valence-corrected chi connectivity index (χ1v) is 14.5. The Hall–Kier alpha value is -4.19. The molecule has 6 heteroatoms. The van der Waals surface area contributed by atoms with Crippen molar-refractivity contribution in [2.24, 2.45) is 0 Å². The lowest BCUT2D eigenvalue weighted by Gasteiger charge is -2.28. The molecule has 2 fully saturated rings. The van der Waals surface area contributed by atoms with Crippen molar-refractivity contribution in [3.63, 3.8) is 0 Å². The number of fused-ring (bicyclic) bond motifs is 2. The van der Waals surface area contributed by atoms with Crippen LogP contribution in [0.2, 0.25) is 0 Å². The molecule has 2 saturated carbocycles. The van der Waals surface area contributed by atoms with Crippen LogP contribution in [0.4, 0.5) is 24.5 Å². The van der Waals surface area contributed by atoms with Gasteiger partial charge in [-0.05, 0) is 123 Å². The number of benzene rings is 3. The minimum atomic E-state index is -4.36. The number of para-hydroxylation sites is 1. The molecule has 0 radical (unpaired) electrons. The van der Waals surface area contributed by atoms with E-state index < -0.39 is 11.7 Å². The van der Waals surface area contributed by atoms with Gasteiger partial charge in [0.25, 0.3) is 0 Å². The highest BCUT2D eigenvalue weighted by atomic mass is 19.4. The summed E-state index contributed by atoms with van der Waals surface area (Å²) >= 11 is 0. The van der Waals surface area contributed by atoms with Crippen molar-refractivity contribution >= 4 is 28.4 Å². The fourth-order valence-corrected chi connectivity index (χ4v) is 5.98. The van der Waals surface area contributed by atoms with E-state index in [4.69, 9.17) is 0 Å². The summed E-state index contributed by atoms with van der Waals surface area (Å²) in [5.41, 5.74) is 11.0. The SMILES string of the molecule is FC(F)(F)c1ccc(-n2c(/C=C/C(Nc3ccc4c(c3)NC(=C3CCC3)CC4)=C3CCC3)cc3ccccc32)cc1. The Morgan fingerprint density at radius 2 is 1.61 bits per heavy atom. The van der Waals surface area contributed by atoms with Crippen LogP contribution in [0.1, 0.15) is 61.8 Å². The maximum Gasteiger partial charge on any atom is 0.416 e. The lowest BCUT2D eigenvalue weighted by molar-refractivity contribution is -0.137. The standard InChI is InChI=1S/C35H32F3N3/c36-35(37,38)27-13-16-29(17-14-27)41-30(21-26-5-1-2-10-34(26)41)18-20-31(23-6-3-7-23)39-28-15-11-25-12-19-32(24-8-4-9-24)40-33(25)22-28/h1-2,5,10-11,13-18,20-22,39-40H,3-4,6-9,12,19H2/b20-18+. The number of nitrogens with zero attached hydrogens (tertiary/aromatic N) is 1. The maximum absolute atomic E-state index is 13.2. The Labute approximate surface area is 238 Å². The molecule has 208 valence electrons. The molecule has 3 nitrogen and oxygen atoms in total. The number of allylic oxidation sites excluding steroid dienone is 4. The summed E-state index contributed by atoms with van der Waals surface area (Å²) in [6.07, 6.45) is 9.06. The van der Waals surface area contributed by atoms with Crippen molar-refractivity contribution in [2.45, 2.75) is 57.5 Å². The van der Waals surface area contributed by atoms with Gasteiger partial charge in [0.15, 0.2) is 0 Å². The molecule has 0 bridgehead atoms. The quantitative estimate of drug-likeness (QED) is 0.258. The number of anilines is 2. The van der Waals surface area contributed by atoms with E-state index in [1.165, 1.54) is 48.2 Å². The molecule has 2 heterocycles. The summed E-state index contributed by atoms with van der Waals surface area (Å²) in [6.45, 7) is 0. The maximum atomic E-state index is 13.2. The number of hydrogen-bond acceptors (Lipinski definition) is 2. The topological polar surface area (TPSA) is 29.0 Å². The normalized spacial score (nSPS) is 16.8. The molecule has 1 aromatic heterocycles. The van der Waals surface area contributed by atoms with Crippen molar-refractivity contribution in [1.29, 1.82) is 0 Å². The predicted molar refractivity (Wildman–Crippen MR) is 161 cm³/mol. The van der Waals surface area contributed by atoms with Crippen LogP contribution in [0.3, 0.4) is 0 Å². The number of aromatic nitrogens is 1. The van der Waals surface area contributed by atoms with Crippen molar-refractivity contribution in [1.82, 2.24) is 4.57 Å². The molecule has 3 aliphatic rings. The fourth-order valence-electron chi connectivity index (χ4n) is 5.98. The number of alkyl halides is 3. The monoisotopic (exact) mass is 551 g/mol. The van der Waals surface area contributed by atoms with E-state index in [1.807, 2.05) is 28.8 Å². The molecule has 2 N–H and O–H groups in total. The molecule has 41 heavy (non-hydrogen) atoms. The van der Waals surface area contributed by atoms with Crippen molar-refractivity contribution in [2.75, 3.05) is 10.6 Å². The average molecular weight is 552 g/mol.